The fraction of sp³-hybridized carbons (Fsp3) is 0.467. The Balaban J connectivity index is 3.12. The first-order valence-electron chi connectivity index (χ1n) is 6.55. The van der Waals surface area contributed by atoms with Crippen molar-refractivity contribution >= 4 is 23.5 Å². The molecule has 0 bridgehead atoms. The molecular weight excluding hydrogens is 294 g/mol. The molecule has 0 saturated heterocycles. The van der Waals surface area contributed by atoms with Gasteiger partial charge >= 0.3 is 11.9 Å². The van der Waals surface area contributed by atoms with Crippen molar-refractivity contribution in [2.24, 2.45) is 5.73 Å². The predicted octanol–water partition coefficient (Wildman–Crippen LogP) is 2.70. The van der Waals surface area contributed by atoms with Gasteiger partial charge in [0, 0.05) is 11.4 Å². The second-order valence-corrected chi connectivity index (χ2v) is 6.31. The summed E-state index contributed by atoms with van der Waals surface area (Å²) in [5.74, 6) is -1.68. The number of carbonyl (C=O) groups excluding carboxylic acids is 1. The van der Waals surface area contributed by atoms with Crippen molar-refractivity contribution in [3.05, 3.63) is 34.9 Å². The third-order valence-corrected chi connectivity index (χ3v) is 3.11. The molecule has 0 saturated carbocycles. The molecule has 21 heavy (non-hydrogen) atoms. The molecule has 6 heteroatoms. The third-order valence-electron chi connectivity index (χ3n) is 2.86. The molecule has 0 aliphatic rings. The highest BCUT2D eigenvalue weighted by Crippen LogP contribution is 2.28. The molecule has 116 valence electrons. The highest BCUT2D eigenvalue weighted by Gasteiger charge is 2.39. The molecule has 0 amide bonds. The summed E-state index contributed by atoms with van der Waals surface area (Å²) in [5, 5.41) is 9.36. The minimum absolute atomic E-state index is 0.0567. The van der Waals surface area contributed by atoms with E-state index in [1.54, 1.807) is 45.0 Å². The van der Waals surface area contributed by atoms with E-state index in [1.807, 2.05) is 0 Å². The molecule has 1 atom stereocenters. The number of halogens is 1. The fourth-order valence-corrected chi connectivity index (χ4v) is 1.91. The predicted molar refractivity (Wildman–Crippen MR) is 80.0 cm³/mol. The van der Waals surface area contributed by atoms with E-state index in [4.69, 9.17) is 27.2 Å². The van der Waals surface area contributed by atoms with Gasteiger partial charge in [0.05, 0.1) is 0 Å². The zero-order chi connectivity index (χ0) is 16.3. The summed E-state index contributed by atoms with van der Waals surface area (Å²) in [4.78, 5) is 23.2. The molecule has 0 heterocycles. The van der Waals surface area contributed by atoms with Gasteiger partial charge in [0.15, 0.2) is 0 Å². The monoisotopic (exact) mass is 313 g/mol. The van der Waals surface area contributed by atoms with Crippen LogP contribution >= 0.6 is 11.6 Å². The van der Waals surface area contributed by atoms with E-state index in [0.717, 1.165) is 0 Å². The number of hydrogen-bond donors (Lipinski definition) is 2. The second kappa shape index (κ2) is 6.45. The maximum atomic E-state index is 12.4. The number of ether oxygens (including phenoxy) is 1. The molecule has 0 radical (unpaired) electrons. The first-order valence-corrected chi connectivity index (χ1v) is 6.92. The van der Waals surface area contributed by atoms with Crippen molar-refractivity contribution in [3.63, 3.8) is 0 Å². The molecule has 0 aliphatic carbocycles. The van der Waals surface area contributed by atoms with Crippen molar-refractivity contribution in [2.45, 2.75) is 44.8 Å². The average molecular weight is 314 g/mol. The van der Waals surface area contributed by atoms with E-state index in [-0.39, 0.29) is 12.8 Å². The average Bonchev–Trinajstić information content (AvgIpc) is 2.34. The maximum Gasteiger partial charge on any atom is 0.331 e. The van der Waals surface area contributed by atoms with E-state index in [1.165, 1.54) is 0 Å². The molecular formula is C15H20ClNO4. The zero-order valence-corrected chi connectivity index (χ0v) is 13.1. The minimum atomic E-state index is -1.52. The molecule has 1 aromatic rings. The van der Waals surface area contributed by atoms with Crippen LogP contribution in [0.3, 0.4) is 0 Å². The van der Waals surface area contributed by atoms with E-state index >= 15 is 0 Å². The van der Waals surface area contributed by atoms with Gasteiger partial charge in [0.25, 0.3) is 0 Å². The summed E-state index contributed by atoms with van der Waals surface area (Å²) < 4.78 is 5.33. The van der Waals surface area contributed by atoms with Crippen LogP contribution in [-0.4, -0.2) is 22.6 Å². The van der Waals surface area contributed by atoms with E-state index in [2.05, 4.69) is 0 Å². The Morgan fingerprint density at radius 1 is 1.24 bits per heavy atom. The SMILES string of the molecule is CC(C)(C)OC(=O)C(N)(CCC(=O)O)c1ccc(Cl)cc1. The van der Waals surface area contributed by atoms with Gasteiger partial charge in [0.1, 0.15) is 11.1 Å². The highest BCUT2D eigenvalue weighted by atomic mass is 35.5. The van der Waals surface area contributed by atoms with Crippen LogP contribution in [0, 0.1) is 0 Å². The fourth-order valence-electron chi connectivity index (χ4n) is 1.78. The number of hydrogen-bond acceptors (Lipinski definition) is 4. The molecule has 1 rings (SSSR count). The van der Waals surface area contributed by atoms with Crippen molar-refractivity contribution in [1.29, 1.82) is 0 Å². The molecule has 3 N–H and O–H groups in total. The minimum Gasteiger partial charge on any atom is -0.481 e. The quantitative estimate of drug-likeness (QED) is 0.816. The Kier molecular flexibility index (Phi) is 5.36. The Labute approximate surface area is 129 Å². The summed E-state index contributed by atoms with van der Waals surface area (Å²) in [6.45, 7) is 5.18. The third kappa shape index (κ3) is 5.02. The van der Waals surface area contributed by atoms with Crippen molar-refractivity contribution in [1.82, 2.24) is 0 Å². The molecule has 0 fully saturated rings. The van der Waals surface area contributed by atoms with Crippen LogP contribution in [0.25, 0.3) is 0 Å². The highest BCUT2D eigenvalue weighted by molar-refractivity contribution is 6.30. The van der Waals surface area contributed by atoms with E-state index < -0.39 is 23.1 Å². The Morgan fingerprint density at radius 3 is 2.19 bits per heavy atom. The smallest absolute Gasteiger partial charge is 0.331 e. The van der Waals surface area contributed by atoms with Gasteiger partial charge in [0.2, 0.25) is 0 Å². The van der Waals surface area contributed by atoms with Crippen molar-refractivity contribution in [2.75, 3.05) is 0 Å². The normalized spacial score (nSPS) is 14.3. The van der Waals surface area contributed by atoms with Crippen LogP contribution in [-0.2, 0) is 19.9 Å². The second-order valence-electron chi connectivity index (χ2n) is 5.87. The summed E-state index contributed by atoms with van der Waals surface area (Å²) >= 11 is 5.82. The Morgan fingerprint density at radius 2 is 1.76 bits per heavy atom. The van der Waals surface area contributed by atoms with Crippen LogP contribution in [0.2, 0.25) is 5.02 Å². The van der Waals surface area contributed by atoms with Crippen LogP contribution in [0.15, 0.2) is 24.3 Å². The number of nitrogens with two attached hydrogens (primary N) is 1. The number of carbonyl (C=O) groups is 2. The number of carboxylic acid groups (broad SMARTS) is 1. The largest absolute Gasteiger partial charge is 0.481 e. The first-order chi connectivity index (χ1) is 9.54. The Bertz CT molecular complexity index is 521. The number of aliphatic carboxylic acids is 1. The molecule has 0 aliphatic heterocycles. The summed E-state index contributed by atoms with van der Waals surface area (Å²) in [5.41, 5.74) is 4.43. The number of rotatable bonds is 5. The number of benzene rings is 1. The van der Waals surface area contributed by atoms with Gasteiger partial charge in [-0.1, -0.05) is 23.7 Å². The lowest BCUT2D eigenvalue weighted by Crippen LogP contribution is -2.48. The first kappa shape index (κ1) is 17.5. The van der Waals surface area contributed by atoms with Gasteiger partial charge in [-0.3, -0.25) is 4.79 Å². The van der Waals surface area contributed by atoms with Gasteiger partial charge in [-0.15, -0.1) is 0 Å². The maximum absolute atomic E-state index is 12.4. The van der Waals surface area contributed by atoms with E-state index in [0.29, 0.717) is 10.6 Å². The Hall–Kier alpha value is -1.59. The van der Waals surface area contributed by atoms with Crippen LogP contribution in [0.1, 0.15) is 39.2 Å². The van der Waals surface area contributed by atoms with Crippen LogP contribution in [0.4, 0.5) is 0 Å². The zero-order valence-electron chi connectivity index (χ0n) is 12.4. The van der Waals surface area contributed by atoms with E-state index in [9.17, 15) is 9.59 Å². The van der Waals surface area contributed by atoms with Crippen LogP contribution < -0.4 is 5.73 Å². The van der Waals surface area contributed by atoms with Gasteiger partial charge in [-0.05, 0) is 44.9 Å². The summed E-state index contributed by atoms with van der Waals surface area (Å²) in [7, 11) is 0. The van der Waals surface area contributed by atoms with Crippen molar-refractivity contribution < 1.29 is 19.4 Å². The standard InChI is InChI=1S/C15H20ClNO4/c1-14(2,3)21-13(20)15(17,9-8-12(18)19)10-4-6-11(16)7-5-10/h4-7H,8-9,17H2,1-3H3,(H,18,19). The lowest BCUT2D eigenvalue weighted by molar-refractivity contribution is -0.162. The summed E-state index contributed by atoms with van der Waals surface area (Å²) in [6, 6.07) is 6.41. The lowest BCUT2D eigenvalue weighted by Gasteiger charge is -2.31. The molecule has 0 aromatic heterocycles. The lowest BCUT2D eigenvalue weighted by atomic mass is 9.86. The molecule has 1 unspecified atom stereocenters. The van der Waals surface area contributed by atoms with Crippen molar-refractivity contribution in [3.8, 4) is 0 Å². The number of carboxylic acids is 1. The summed E-state index contributed by atoms with van der Waals surface area (Å²) in [6.07, 6.45) is -0.294. The van der Waals surface area contributed by atoms with Gasteiger partial charge < -0.3 is 15.6 Å². The topological polar surface area (TPSA) is 89.6 Å². The molecule has 0 spiro atoms. The van der Waals surface area contributed by atoms with Crippen LogP contribution in [0.5, 0.6) is 0 Å². The van der Waals surface area contributed by atoms with Gasteiger partial charge in [-0.25, -0.2) is 4.79 Å². The molecule has 5 nitrogen and oxygen atoms in total. The molecule has 1 aromatic carbocycles. The van der Waals surface area contributed by atoms with Gasteiger partial charge in [-0.2, -0.15) is 0 Å². The number of esters is 1.